The van der Waals surface area contributed by atoms with Crippen LogP contribution < -0.4 is 4.90 Å². The van der Waals surface area contributed by atoms with Crippen molar-refractivity contribution in [2.24, 2.45) is 0 Å². The number of aryl methyl sites for hydroxylation is 3. The van der Waals surface area contributed by atoms with Crippen LogP contribution in [0, 0.1) is 26.6 Å². The lowest BCUT2D eigenvalue weighted by Gasteiger charge is -2.29. The molecule has 0 atom stereocenters. The number of hydrogen-bond acceptors (Lipinski definition) is 2. The monoisotopic (exact) mass is 833 g/mol. The second-order valence-electron chi connectivity index (χ2n) is 17.2. The fraction of sp³-hybridized carbons (Fsp3) is 0.115. The molecule has 1 aliphatic carbocycles. The molecule has 2 nitrogen and oxygen atoms in total. The number of halogens is 1. The summed E-state index contributed by atoms with van der Waals surface area (Å²) in [6, 6.07) is 63.5. The Kier molecular flexibility index (Phi) is 11.6. The average molecular weight is 834 g/mol. The molecule has 0 saturated heterocycles. The third-order valence-corrected chi connectivity index (χ3v) is 12.5. The zero-order chi connectivity index (χ0) is 44.4. The van der Waals surface area contributed by atoms with Gasteiger partial charge >= 0.3 is 0 Å². The van der Waals surface area contributed by atoms with Gasteiger partial charge in [0.2, 0.25) is 0 Å². The molecule has 64 heavy (non-hydrogen) atoms. The van der Waals surface area contributed by atoms with Crippen molar-refractivity contribution in [2.75, 3.05) is 4.90 Å². The first-order valence-corrected chi connectivity index (χ1v) is 22.1. The number of allylic oxidation sites excluding steroid dienone is 1. The van der Waals surface area contributed by atoms with Crippen LogP contribution in [-0.4, -0.2) is 0 Å². The summed E-state index contributed by atoms with van der Waals surface area (Å²) in [6.45, 7) is 13.0. The molecule has 10 rings (SSSR count). The van der Waals surface area contributed by atoms with E-state index in [4.69, 9.17) is 4.42 Å². The van der Waals surface area contributed by atoms with Crippen molar-refractivity contribution < 1.29 is 8.81 Å². The summed E-state index contributed by atoms with van der Waals surface area (Å²) >= 11 is 0. The number of nitrogens with zero attached hydrogens (tertiary/aromatic N) is 1. The lowest BCUT2D eigenvalue weighted by molar-refractivity contribution is 0.603. The topological polar surface area (TPSA) is 16.4 Å². The molecule has 9 aromatic rings. The Hall–Kier alpha value is -7.49. The summed E-state index contributed by atoms with van der Waals surface area (Å²) in [7, 11) is 0. The highest BCUT2D eigenvalue weighted by Crippen LogP contribution is 2.55. The van der Waals surface area contributed by atoms with Gasteiger partial charge in [0.1, 0.15) is 17.2 Å². The van der Waals surface area contributed by atoms with E-state index in [9.17, 15) is 4.39 Å². The summed E-state index contributed by atoms with van der Waals surface area (Å²) in [5.74, 6) is 0.664. The fourth-order valence-electron chi connectivity index (χ4n) is 9.18. The molecule has 1 aliphatic rings. The second kappa shape index (κ2) is 17.7. The highest BCUT2D eigenvalue weighted by molar-refractivity contribution is 6.07. The van der Waals surface area contributed by atoms with E-state index in [0.717, 1.165) is 50.5 Å². The lowest BCUT2D eigenvalue weighted by atomic mass is 9.82. The predicted octanol–water partition coefficient (Wildman–Crippen LogP) is 17.5. The zero-order valence-corrected chi connectivity index (χ0v) is 37.4. The average Bonchev–Trinajstić information content (AvgIpc) is 3.79. The van der Waals surface area contributed by atoms with Crippen LogP contribution in [0.2, 0.25) is 0 Å². The van der Waals surface area contributed by atoms with Crippen molar-refractivity contribution in [3.8, 4) is 33.4 Å². The largest absolute Gasteiger partial charge is 0.456 e. The number of furan rings is 1. The number of rotatable bonds is 8. The first-order chi connectivity index (χ1) is 31.1. The number of anilines is 3. The van der Waals surface area contributed by atoms with Crippen LogP contribution in [0.25, 0.3) is 62.6 Å². The van der Waals surface area contributed by atoms with Gasteiger partial charge in [0, 0.05) is 22.2 Å². The summed E-state index contributed by atoms with van der Waals surface area (Å²) in [4.78, 5) is 2.45. The normalized spacial score (nSPS) is 12.6. The van der Waals surface area contributed by atoms with Gasteiger partial charge in [-0.2, -0.15) is 0 Å². The number of fused-ring (bicyclic) bond motifs is 4. The van der Waals surface area contributed by atoms with Crippen molar-refractivity contribution in [3.05, 3.63) is 239 Å². The molecule has 0 fully saturated rings. The van der Waals surface area contributed by atoms with Gasteiger partial charge in [0.15, 0.2) is 0 Å². The summed E-state index contributed by atoms with van der Waals surface area (Å²) in [5.41, 5.74) is 19.9. The van der Waals surface area contributed by atoms with E-state index >= 15 is 0 Å². The van der Waals surface area contributed by atoms with Gasteiger partial charge in [-0.15, -0.1) is 0 Å². The highest BCUT2D eigenvalue weighted by atomic mass is 19.1. The molecule has 0 aliphatic heterocycles. The van der Waals surface area contributed by atoms with E-state index in [-0.39, 0.29) is 11.2 Å². The smallest absolute Gasteiger partial charge is 0.137 e. The number of benzene rings is 8. The molecular weight excluding hydrogens is 782 g/mol. The van der Waals surface area contributed by atoms with Crippen molar-refractivity contribution >= 4 is 46.3 Å². The highest BCUT2D eigenvalue weighted by Gasteiger charge is 2.38. The Morgan fingerprint density at radius 2 is 1.17 bits per heavy atom. The molecular formula is C61H52FNO. The molecule has 8 aromatic carbocycles. The predicted molar refractivity (Wildman–Crippen MR) is 270 cm³/mol. The quantitative estimate of drug-likeness (QED) is 0.152. The van der Waals surface area contributed by atoms with E-state index in [1.54, 1.807) is 12.1 Å². The number of hydrogen-bond donors (Lipinski definition) is 0. The van der Waals surface area contributed by atoms with E-state index in [0.29, 0.717) is 0 Å². The molecule has 0 bridgehead atoms. The van der Waals surface area contributed by atoms with E-state index < -0.39 is 0 Å². The minimum Gasteiger partial charge on any atom is -0.456 e. The first kappa shape index (κ1) is 41.8. The van der Waals surface area contributed by atoms with Gasteiger partial charge in [-0.05, 0) is 144 Å². The van der Waals surface area contributed by atoms with Crippen molar-refractivity contribution in [1.82, 2.24) is 0 Å². The van der Waals surface area contributed by atoms with Crippen LogP contribution >= 0.6 is 0 Å². The summed E-state index contributed by atoms with van der Waals surface area (Å²) in [5, 5.41) is 1.07. The van der Waals surface area contributed by atoms with Crippen LogP contribution in [0.15, 0.2) is 192 Å². The molecule has 0 amide bonds. The maximum absolute atomic E-state index is 12.1. The Labute approximate surface area is 377 Å². The summed E-state index contributed by atoms with van der Waals surface area (Å²) < 4.78 is 18.8. The Morgan fingerprint density at radius 1 is 0.531 bits per heavy atom. The van der Waals surface area contributed by atoms with Crippen molar-refractivity contribution in [3.63, 3.8) is 0 Å². The maximum Gasteiger partial charge on any atom is 0.137 e. The molecule has 1 aromatic heterocycles. The van der Waals surface area contributed by atoms with Gasteiger partial charge < -0.3 is 9.32 Å². The molecule has 0 saturated carbocycles. The van der Waals surface area contributed by atoms with Gasteiger partial charge in [0.05, 0.1) is 16.8 Å². The van der Waals surface area contributed by atoms with Crippen molar-refractivity contribution in [1.29, 1.82) is 0 Å². The van der Waals surface area contributed by atoms with Gasteiger partial charge in [-0.3, -0.25) is 0 Å². The van der Waals surface area contributed by atoms with E-state index in [1.807, 2.05) is 13.8 Å². The minimum atomic E-state index is -0.171. The van der Waals surface area contributed by atoms with Gasteiger partial charge in [-0.25, -0.2) is 4.39 Å². The Balaban J connectivity index is 0.000000586. The van der Waals surface area contributed by atoms with Crippen molar-refractivity contribution in [2.45, 2.75) is 47.0 Å². The standard InChI is InChI=1S/C54H45NO.C7H7F/c1-6-16-50-44(34-29-38-28-27-37(3)45(35-38)42-20-11-10-17-36(42)2)53-49(25-15-26-51(53)56-50)55(41-32-30-40(31-33-41)39-18-8-7-9-19-39)48-24-14-23-47-52(48)43-21-12-13-22-46(43)54(47,4)5;1-6-2-4-7(8)5-3-6/h6-35H,1-5H3;2-5H,1H3/b16-6-,34-29?;. The fourth-order valence-corrected chi connectivity index (χ4v) is 9.18. The molecule has 0 spiro atoms. The Morgan fingerprint density at radius 3 is 1.91 bits per heavy atom. The third kappa shape index (κ3) is 8.02. The minimum absolute atomic E-state index is 0.134. The van der Waals surface area contributed by atoms with Crippen LogP contribution in [0.5, 0.6) is 0 Å². The van der Waals surface area contributed by atoms with E-state index in [2.05, 4.69) is 215 Å². The SMILES string of the molecule is C/C=C\c1oc2cccc(N(c3ccc(-c4ccccc4)cc3)c3cccc4c3-c3ccccc3C4(C)C)c2c1C=Cc1ccc(C)c(-c2ccccc2C)c1.Cc1ccc(F)cc1. The van der Waals surface area contributed by atoms with Gasteiger partial charge in [-0.1, -0.05) is 165 Å². The van der Waals surface area contributed by atoms with Gasteiger partial charge in [0.25, 0.3) is 0 Å². The lowest BCUT2D eigenvalue weighted by Crippen LogP contribution is -2.16. The first-order valence-electron chi connectivity index (χ1n) is 22.1. The molecule has 1 heterocycles. The molecule has 0 N–H and O–H groups in total. The van der Waals surface area contributed by atoms with Crippen LogP contribution in [0.3, 0.4) is 0 Å². The van der Waals surface area contributed by atoms with Crippen LogP contribution in [-0.2, 0) is 5.41 Å². The maximum atomic E-state index is 12.1. The second-order valence-corrected chi connectivity index (χ2v) is 17.2. The molecule has 0 unspecified atom stereocenters. The third-order valence-electron chi connectivity index (χ3n) is 12.5. The summed E-state index contributed by atoms with van der Waals surface area (Å²) in [6.07, 6.45) is 8.60. The molecule has 0 radical (unpaired) electrons. The zero-order valence-electron chi connectivity index (χ0n) is 37.4. The Bertz CT molecular complexity index is 3150. The van der Waals surface area contributed by atoms with E-state index in [1.165, 1.54) is 67.8 Å². The van der Waals surface area contributed by atoms with Crippen LogP contribution in [0.1, 0.15) is 65.5 Å². The molecule has 314 valence electrons. The van der Waals surface area contributed by atoms with Crippen LogP contribution in [0.4, 0.5) is 21.5 Å². The molecule has 3 heteroatoms.